The molecule has 10 heteroatoms. The summed E-state index contributed by atoms with van der Waals surface area (Å²) in [6, 6.07) is 5.24. The number of amides is 1. The van der Waals surface area contributed by atoms with Crippen molar-refractivity contribution in [2.24, 2.45) is 5.84 Å². The van der Waals surface area contributed by atoms with Gasteiger partial charge >= 0.3 is 6.18 Å². The molecule has 0 saturated carbocycles. The lowest BCUT2D eigenvalue weighted by Crippen LogP contribution is -2.30. The summed E-state index contributed by atoms with van der Waals surface area (Å²) >= 11 is 0. The summed E-state index contributed by atoms with van der Waals surface area (Å²) in [6.45, 7) is 1.56. The van der Waals surface area contributed by atoms with Crippen LogP contribution in [0.15, 0.2) is 30.5 Å². The molecule has 24 heavy (non-hydrogen) atoms. The predicted octanol–water partition coefficient (Wildman–Crippen LogP) is 1.75. The number of hydrogen-bond donors (Lipinski definition) is 2. The smallest absolute Gasteiger partial charge is 0.289 e. The lowest BCUT2D eigenvalue weighted by Gasteiger charge is -2.12. The van der Waals surface area contributed by atoms with Crippen molar-refractivity contribution in [3.63, 3.8) is 0 Å². The van der Waals surface area contributed by atoms with E-state index < -0.39 is 17.6 Å². The van der Waals surface area contributed by atoms with E-state index in [1.165, 1.54) is 29.1 Å². The molecule has 3 aromatic rings. The van der Waals surface area contributed by atoms with Gasteiger partial charge in [0.1, 0.15) is 0 Å². The Morgan fingerprint density at radius 3 is 2.71 bits per heavy atom. The van der Waals surface area contributed by atoms with Crippen molar-refractivity contribution in [3.8, 4) is 5.69 Å². The van der Waals surface area contributed by atoms with E-state index in [1.807, 2.05) is 5.43 Å². The van der Waals surface area contributed by atoms with Gasteiger partial charge in [0.2, 0.25) is 0 Å². The molecule has 1 aromatic carbocycles. The summed E-state index contributed by atoms with van der Waals surface area (Å²) < 4.78 is 40.7. The third kappa shape index (κ3) is 2.46. The van der Waals surface area contributed by atoms with Gasteiger partial charge < -0.3 is 0 Å². The van der Waals surface area contributed by atoms with Gasteiger partial charge in [-0.15, -0.1) is 5.10 Å². The van der Waals surface area contributed by atoms with E-state index in [1.54, 1.807) is 6.92 Å². The number of hydrazine groups is 1. The lowest BCUT2D eigenvalue weighted by molar-refractivity contribution is -0.136. The summed E-state index contributed by atoms with van der Waals surface area (Å²) in [4.78, 5) is 15.5. The van der Waals surface area contributed by atoms with Crippen LogP contribution in [0.1, 0.15) is 21.7 Å². The Morgan fingerprint density at radius 2 is 2.04 bits per heavy atom. The number of alkyl halides is 3. The number of nitrogen functional groups attached to an aromatic ring is 1. The number of nitrogens with two attached hydrogens (primary N) is 1. The molecule has 0 fully saturated rings. The summed E-state index contributed by atoms with van der Waals surface area (Å²) in [6.07, 6.45) is -3.29. The van der Waals surface area contributed by atoms with Crippen molar-refractivity contribution in [3.05, 3.63) is 47.4 Å². The van der Waals surface area contributed by atoms with Crippen molar-refractivity contribution >= 4 is 16.8 Å². The van der Waals surface area contributed by atoms with Crippen molar-refractivity contribution in [1.82, 2.24) is 25.4 Å². The van der Waals surface area contributed by atoms with E-state index >= 15 is 0 Å². The Morgan fingerprint density at radius 1 is 1.29 bits per heavy atom. The first-order chi connectivity index (χ1) is 11.3. The van der Waals surface area contributed by atoms with Gasteiger partial charge in [-0.25, -0.2) is 10.5 Å². The molecule has 124 valence electrons. The molecule has 0 atom stereocenters. The molecule has 0 radical (unpaired) electrons. The Kier molecular flexibility index (Phi) is 3.68. The normalized spacial score (nSPS) is 11.7. The van der Waals surface area contributed by atoms with Crippen LogP contribution in [-0.2, 0) is 6.18 Å². The number of para-hydroxylation sites is 1. The zero-order chi connectivity index (χ0) is 17.5. The van der Waals surface area contributed by atoms with E-state index in [0.717, 1.165) is 6.07 Å². The van der Waals surface area contributed by atoms with Crippen LogP contribution in [0.4, 0.5) is 13.2 Å². The number of nitrogens with one attached hydrogen (secondary N) is 1. The molecule has 2 aromatic heterocycles. The van der Waals surface area contributed by atoms with Gasteiger partial charge in [-0.3, -0.25) is 15.2 Å². The SMILES string of the molecule is Cc1c(C(=O)NN)nnn1-c1ccnc2c(C(F)(F)F)cccc12. The van der Waals surface area contributed by atoms with Crippen molar-refractivity contribution < 1.29 is 18.0 Å². The fourth-order valence-corrected chi connectivity index (χ4v) is 2.41. The van der Waals surface area contributed by atoms with E-state index in [2.05, 4.69) is 15.3 Å². The van der Waals surface area contributed by atoms with Gasteiger partial charge in [0, 0.05) is 11.6 Å². The van der Waals surface area contributed by atoms with Crippen LogP contribution in [-0.4, -0.2) is 25.9 Å². The predicted molar refractivity (Wildman–Crippen MR) is 78.1 cm³/mol. The van der Waals surface area contributed by atoms with Gasteiger partial charge in [0.05, 0.1) is 22.5 Å². The summed E-state index contributed by atoms with van der Waals surface area (Å²) in [5.74, 6) is 4.42. The molecule has 0 aliphatic heterocycles. The Labute approximate surface area is 133 Å². The number of pyridine rings is 1. The molecular formula is C14H11F3N6O. The average molecular weight is 336 g/mol. The number of carbonyl (C=O) groups is 1. The first-order valence-corrected chi connectivity index (χ1v) is 6.73. The van der Waals surface area contributed by atoms with Crippen LogP contribution in [0, 0.1) is 6.92 Å². The third-order valence-electron chi connectivity index (χ3n) is 3.52. The summed E-state index contributed by atoms with van der Waals surface area (Å²) in [5.41, 5.74) is 1.53. The highest BCUT2D eigenvalue weighted by atomic mass is 19.4. The third-order valence-corrected chi connectivity index (χ3v) is 3.52. The van der Waals surface area contributed by atoms with Gasteiger partial charge in [-0.1, -0.05) is 17.3 Å². The monoisotopic (exact) mass is 336 g/mol. The molecule has 2 heterocycles. The highest BCUT2D eigenvalue weighted by Crippen LogP contribution is 2.35. The van der Waals surface area contributed by atoms with Gasteiger partial charge in [-0.2, -0.15) is 13.2 Å². The number of halogens is 3. The lowest BCUT2D eigenvalue weighted by atomic mass is 10.1. The zero-order valence-electron chi connectivity index (χ0n) is 12.3. The van der Waals surface area contributed by atoms with Crippen LogP contribution in [0.5, 0.6) is 0 Å². The molecule has 0 spiro atoms. The number of fused-ring (bicyclic) bond motifs is 1. The Balaban J connectivity index is 2.26. The average Bonchev–Trinajstić information content (AvgIpc) is 2.93. The molecule has 1 amide bonds. The van der Waals surface area contributed by atoms with E-state index in [-0.39, 0.29) is 16.6 Å². The van der Waals surface area contributed by atoms with Crippen LogP contribution in [0.2, 0.25) is 0 Å². The first kappa shape index (κ1) is 15.9. The van der Waals surface area contributed by atoms with E-state index in [9.17, 15) is 18.0 Å². The number of carbonyl (C=O) groups excluding carboxylic acids is 1. The van der Waals surface area contributed by atoms with Crippen molar-refractivity contribution in [2.75, 3.05) is 0 Å². The number of benzene rings is 1. The second kappa shape index (κ2) is 5.57. The van der Waals surface area contributed by atoms with Crippen LogP contribution in [0.25, 0.3) is 16.6 Å². The zero-order valence-corrected chi connectivity index (χ0v) is 12.3. The highest BCUT2D eigenvalue weighted by molar-refractivity contribution is 5.93. The Bertz CT molecular complexity index is 934. The number of rotatable bonds is 2. The fraction of sp³-hybridized carbons (Fsp3) is 0.143. The number of aromatic nitrogens is 4. The Hall–Kier alpha value is -3.01. The van der Waals surface area contributed by atoms with E-state index in [0.29, 0.717) is 11.4 Å². The summed E-state index contributed by atoms with van der Waals surface area (Å²) in [7, 11) is 0. The fourth-order valence-electron chi connectivity index (χ4n) is 2.41. The van der Waals surface area contributed by atoms with Gasteiger partial charge in [0.15, 0.2) is 5.69 Å². The topological polar surface area (TPSA) is 98.7 Å². The first-order valence-electron chi connectivity index (χ1n) is 6.73. The maximum atomic E-state index is 13.1. The molecule has 3 N–H and O–H groups in total. The molecule has 0 bridgehead atoms. The van der Waals surface area contributed by atoms with Crippen LogP contribution < -0.4 is 11.3 Å². The van der Waals surface area contributed by atoms with Crippen molar-refractivity contribution in [2.45, 2.75) is 13.1 Å². The maximum Gasteiger partial charge on any atom is 0.418 e. The number of nitrogens with zero attached hydrogens (tertiary/aromatic N) is 4. The quantitative estimate of drug-likeness (QED) is 0.422. The molecule has 0 aliphatic carbocycles. The minimum absolute atomic E-state index is 0.0190. The van der Waals surface area contributed by atoms with Gasteiger partial charge in [0.25, 0.3) is 5.91 Å². The minimum atomic E-state index is -4.53. The largest absolute Gasteiger partial charge is 0.418 e. The molecule has 0 unspecified atom stereocenters. The number of hydrogen-bond acceptors (Lipinski definition) is 5. The van der Waals surface area contributed by atoms with E-state index in [4.69, 9.17) is 5.84 Å². The van der Waals surface area contributed by atoms with Crippen LogP contribution >= 0.6 is 0 Å². The maximum absolute atomic E-state index is 13.1. The minimum Gasteiger partial charge on any atom is -0.289 e. The molecular weight excluding hydrogens is 325 g/mol. The second-order valence-electron chi connectivity index (χ2n) is 4.94. The van der Waals surface area contributed by atoms with Gasteiger partial charge in [-0.05, 0) is 19.1 Å². The molecule has 3 rings (SSSR count). The molecule has 0 aliphatic rings. The van der Waals surface area contributed by atoms with Crippen LogP contribution in [0.3, 0.4) is 0 Å². The molecule has 0 saturated heterocycles. The summed E-state index contributed by atoms with van der Waals surface area (Å²) in [5, 5.41) is 7.79. The highest BCUT2D eigenvalue weighted by Gasteiger charge is 2.33. The molecule has 7 nitrogen and oxygen atoms in total. The van der Waals surface area contributed by atoms with Crippen molar-refractivity contribution in [1.29, 1.82) is 0 Å². The standard InChI is InChI=1S/C14H11F3N6O/c1-7-11(13(24)20-18)21-22-23(7)10-5-6-19-12-8(10)3-2-4-9(12)14(15,16)17/h2-6H,18H2,1H3,(H,20,24). The second-order valence-corrected chi connectivity index (χ2v) is 4.94.